The second-order valence-electron chi connectivity index (χ2n) is 3.07. The van der Waals surface area contributed by atoms with Gasteiger partial charge in [0, 0.05) is 18.1 Å². The molecule has 3 N–H and O–H groups in total. The van der Waals surface area contributed by atoms with E-state index in [1.165, 1.54) is 6.07 Å². The molecule has 0 unspecified atom stereocenters. The average Bonchev–Trinajstić information content (AvgIpc) is 2.46. The molecular formula is C9H9N3O2. The Hall–Kier alpha value is -2.04. The number of aromatic nitrogens is 2. The molecule has 1 heterocycles. The van der Waals surface area contributed by atoms with Crippen LogP contribution in [-0.4, -0.2) is 20.9 Å². The quantitative estimate of drug-likeness (QED) is 0.655. The van der Waals surface area contributed by atoms with E-state index < -0.39 is 5.97 Å². The number of hydrogen-bond acceptors (Lipinski definition) is 3. The van der Waals surface area contributed by atoms with Crippen LogP contribution in [0.5, 0.6) is 0 Å². The number of rotatable bonds is 1. The third-order valence-corrected chi connectivity index (χ3v) is 2.15. The summed E-state index contributed by atoms with van der Waals surface area (Å²) >= 11 is 0. The van der Waals surface area contributed by atoms with Gasteiger partial charge in [-0.2, -0.15) is 5.10 Å². The fourth-order valence-electron chi connectivity index (χ4n) is 1.40. The summed E-state index contributed by atoms with van der Waals surface area (Å²) in [6.07, 6.45) is 1.65. The minimum absolute atomic E-state index is 0.112. The van der Waals surface area contributed by atoms with Gasteiger partial charge in [0.2, 0.25) is 0 Å². The Bertz CT molecular complexity index is 516. The summed E-state index contributed by atoms with van der Waals surface area (Å²) in [5.74, 6) is -1.02. The largest absolute Gasteiger partial charge is 0.478 e. The maximum atomic E-state index is 10.8. The molecule has 14 heavy (non-hydrogen) atoms. The van der Waals surface area contributed by atoms with Crippen molar-refractivity contribution in [2.45, 2.75) is 0 Å². The first-order chi connectivity index (χ1) is 6.59. The van der Waals surface area contributed by atoms with Crippen molar-refractivity contribution in [1.29, 1.82) is 0 Å². The summed E-state index contributed by atoms with van der Waals surface area (Å²) in [7, 11) is 1.75. The van der Waals surface area contributed by atoms with E-state index in [0.717, 1.165) is 10.9 Å². The molecule has 0 saturated carbocycles. The lowest BCUT2D eigenvalue weighted by Gasteiger charge is -2.01. The Labute approximate surface area is 79.7 Å². The van der Waals surface area contributed by atoms with Crippen molar-refractivity contribution < 1.29 is 9.90 Å². The van der Waals surface area contributed by atoms with Crippen LogP contribution in [0, 0.1) is 0 Å². The maximum Gasteiger partial charge on any atom is 0.337 e. The van der Waals surface area contributed by atoms with E-state index in [2.05, 4.69) is 5.10 Å². The highest BCUT2D eigenvalue weighted by Gasteiger charge is 2.10. The van der Waals surface area contributed by atoms with Gasteiger partial charge in [0.15, 0.2) is 0 Å². The number of nitrogens with two attached hydrogens (primary N) is 1. The summed E-state index contributed by atoms with van der Waals surface area (Å²) in [4.78, 5) is 10.8. The minimum atomic E-state index is -1.02. The van der Waals surface area contributed by atoms with Crippen LogP contribution in [0.4, 0.5) is 5.69 Å². The van der Waals surface area contributed by atoms with Gasteiger partial charge in [-0.1, -0.05) is 0 Å². The van der Waals surface area contributed by atoms with E-state index in [1.54, 1.807) is 24.0 Å². The number of carbonyl (C=O) groups is 1. The van der Waals surface area contributed by atoms with Gasteiger partial charge in [0.05, 0.1) is 17.3 Å². The summed E-state index contributed by atoms with van der Waals surface area (Å²) < 4.78 is 1.61. The van der Waals surface area contributed by atoms with Crippen LogP contribution in [0.2, 0.25) is 0 Å². The van der Waals surface area contributed by atoms with Gasteiger partial charge in [0.1, 0.15) is 0 Å². The fraction of sp³-hybridized carbons (Fsp3) is 0.111. The molecule has 0 atom stereocenters. The van der Waals surface area contributed by atoms with Crippen LogP contribution in [0.25, 0.3) is 10.9 Å². The number of nitrogen functional groups attached to an aromatic ring is 1. The number of aromatic carboxylic acids is 1. The number of anilines is 1. The van der Waals surface area contributed by atoms with Gasteiger partial charge in [-0.05, 0) is 12.1 Å². The van der Waals surface area contributed by atoms with Crippen molar-refractivity contribution in [2.75, 3.05) is 5.73 Å². The van der Waals surface area contributed by atoms with Crippen molar-refractivity contribution in [3.8, 4) is 0 Å². The minimum Gasteiger partial charge on any atom is -0.478 e. The van der Waals surface area contributed by atoms with Crippen molar-refractivity contribution in [3.05, 3.63) is 23.9 Å². The molecule has 0 bridgehead atoms. The molecule has 5 nitrogen and oxygen atoms in total. The van der Waals surface area contributed by atoms with Gasteiger partial charge >= 0.3 is 5.97 Å². The third-order valence-electron chi connectivity index (χ3n) is 2.15. The Kier molecular flexibility index (Phi) is 1.67. The van der Waals surface area contributed by atoms with E-state index in [-0.39, 0.29) is 11.3 Å². The molecule has 5 heteroatoms. The van der Waals surface area contributed by atoms with Crippen LogP contribution in [0.15, 0.2) is 18.3 Å². The molecule has 0 radical (unpaired) electrons. The first kappa shape index (κ1) is 8.55. The molecule has 1 aromatic heterocycles. The van der Waals surface area contributed by atoms with E-state index in [1.807, 2.05) is 0 Å². The van der Waals surface area contributed by atoms with E-state index >= 15 is 0 Å². The molecule has 0 aliphatic carbocycles. The van der Waals surface area contributed by atoms with Crippen LogP contribution < -0.4 is 5.73 Å². The Balaban J connectivity index is 2.80. The summed E-state index contributed by atoms with van der Waals surface area (Å²) in [5, 5.41) is 13.7. The summed E-state index contributed by atoms with van der Waals surface area (Å²) in [6.45, 7) is 0. The molecular weight excluding hydrogens is 182 g/mol. The van der Waals surface area contributed by atoms with Crippen LogP contribution >= 0.6 is 0 Å². The second-order valence-corrected chi connectivity index (χ2v) is 3.07. The zero-order valence-electron chi connectivity index (χ0n) is 7.56. The van der Waals surface area contributed by atoms with Gasteiger partial charge < -0.3 is 10.8 Å². The highest BCUT2D eigenvalue weighted by molar-refractivity contribution is 5.99. The van der Waals surface area contributed by atoms with E-state index in [4.69, 9.17) is 10.8 Å². The normalized spacial score (nSPS) is 10.6. The number of benzene rings is 1. The molecule has 1 aromatic carbocycles. The lowest BCUT2D eigenvalue weighted by molar-refractivity contribution is 0.0698. The maximum absolute atomic E-state index is 10.8. The monoisotopic (exact) mass is 191 g/mol. The van der Waals surface area contributed by atoms with Gasteiger partial charge in [-0.3, -0.25) is 4.68 Å². The van der Waals surface area contributed by atoms with E-state index in [0.29, 0.717) is 0 Å². The molecule has 2 aromatic rings. The van der Waals surface area contributed by atoms with Gasteiger partial charge in [-0.25, -0.2) is 4.79 Å². The summed E-state index contributed by atoms with van der Waals surface area (Å²) in [5.41, 5.74) is 6.71. The zero-order chi connectivity index (χ0) is 10.3. The lowest BCUT2D eigenvalue weighted by atomic mass is 10.1. The van der Waals surface area contributed by atoms with Crippen LogP contribution in [-0.2, 0) is 7.05 Å². The predicted octanol–water partition coefficient (Wildman–Crippen LogP) is 0.854. The molecule has 0 amide bonds. The highest BCUT2D eigenvalue weighted by Crippen LogP contribution is 2.21. The first-order valence-electron chi connectivity index (χ1n) is 4.04. The van der Waals surface area contributed by atoms with Crippen molar-refractivity contribution >= 4 is 22.6 Å². The standard InChI is InChI=1S/C9H9N3O2/c1-12-8-3-6(9(13)14)7(10)2-5(8)4-11-12/h2-4H,10H2,1H3,(H,13,14). The number of aryl methyl sites for hydroxylation is 1. The first-order valence-corrected chi connectivity index (χ1v) is 4.04. The summed E-state index contributed by atoms with van der Waals surface area (Å²) in [6, 6.07) is 3.14. The van der Waals surface area contributed by atoms with Crippen LogP contribution in [0.3, 0.4) is 0 Å². The lowest BCUT2D eigenvalue weighted by Crippen LogP contribution is -2.02. The molecule has 0 aliphatic rings. The molecule has 72 valence electrons. The van der Waals surface area contributed by atoms with Crippen molar-refractivity contribution in [3.63, 3.8) is 0 Å². The number of nitrogens with zero attached hydrogens (tertiary/aromatic N) is 2. The van der Waals surface area contributed by atoms with Crippen molar-refractivity contribution in [2.24, 2.45) is 7.05 Å². The molecule has 0 aliphatic heterocycles. The Morgan fingerprint density at radius 2 is 2.29 bits per heavy atom. The zero-order valence-corrected chi connectivity index (χ0v) is 7.56. The third kappa shape index (κ3) is 1.10. The highest BCUT2D eigenvalue weighted by atomic mass is 16.4. The molecule has 0 spiro atoms. The Morgan fingerprint density at radius 1 is 1.57 bits per heavy atom. The van der Waals surface area contributed by atoms with Crippen LogP contribution in [0.1, 0.15) is 10.4 Å². The van der Waals surface area contributed by atoms with E-state index in [9.17, 15) is 4.79 Å². The topological polar surface area (TPSA) is 81.1 Å². The molecule has 0 fully saturated rings. The molecule has 2 rings (SSSR count). The van der Waals surface area contributed by atoms with Gasteiger partial charge in [-0.15, -0.1) is 0 Å². The second kappa shape index (κ2) is 2.73. The molecule has 0 saturated heterocycles. The number of carboxylic acids is 1. The smallest absolute Gasteiger partial charge is 0.337 e. The average molecular weight is 191 g/mol. The fourth-order valence-corrected chi connectivity index (χ4v) is 1.40. The number of carboxylic acid groups (broad SMARTS) is 1. The predicted molar refractivity (Wildman–Crippen MR) is 52.1 cm³/mol. The number of fused-ring (bicyclic) bond motifs is 1. The Morgan fingerprint density at radius 3 is 2.93 bits per heavy atom. The van der Waals surface area contributed by atoms with Gasteiger partial charge in [0.25, 0.3) is 0 Å². The van der Waals surface area contributed by atoms with Crippen molar-refractivity contribution in [1.82, 2.24) is 9.78 Å². The SMILES string of the molecule is Cn1ncc2cc(N)c(C(=O)O)cc21. The number of hydrogen-bond donors (Lipinski definition) is 2.